The van der Waals surface area contributed by atoms with Crippen LogP contribution in [0.15, 0.2) is 81.9 Å². The van der Waals surface area contributed by atoms with Gasteiger partial charge in [0.15, 0.2) is 0 Å². The second kappa shape index (κ2) is 7.77. The molecule has 126 valence electrons. The van der Waals surface area contributed by atoms with Gasteiger partial charge in [-0.25, -0.2) is 0 Å². The van der Waals surface area contributed by atoms with Crippen molar-refractivity contribution in [3.8, 4) is 11.1 Å². The number of hydrogen-bond acceptors (Lipinski definition) is 3. The molecule has 3 heteroatoms. The summed E-state index contributed by atoms with van der Waals surface area (Å²) in [5, 5.41) is 0. The van der Waals surface area contributed by atoms with E-state index in [4.69, 9.17) is 0 Å². The Balaban J connectivity index is 1.78. The number of allylic oxidation sites excluding steroid dienone is 1. The summed E-state index contributed by atoms with van der Waals surface area (Å²) < 4.78 is 0. The predicted molar refractivity (Wildman–Crippen MR) is 118 cm³/mol. The first-order valence-electron chi connectivity index (χ1n) is 8.03. The molecule has 0 aliphatic rings. The Morgan fingerprint density at radius 3 is 1.92 bits per heavy atom. The molecular weight excluding hydrogens is 360 g/mol. The molecule has 0 bridgehead atoms. The maximum Gasteiger partial charge on any atom is 0.0308 e. The molecule has 0 atom stereocenters. The van der Waals surface area contributed by atoms with Crippen LogP contribution in [0.1, 0.15) is 16.7 Å². The average molecular weight is 381 g/mol. The van der Waals surface area contributed by atoms with Gasteiger partial charge in [-0.2, -0.15) is 0 Å². The van der Waals surface area contributed by atoms with Crippen LogP contribution in [-0.4, -0.2) is 0 Å². The lowest BCUT2D eigenvalue weighted by Gasteiger charge is -2.10. The van der Waals surface area contributed by atoms with E-state index in [-0.39, 0.29) is 0 Å². The van der Waals surface area contributed by atoms with Crippen LogP contribution >= 0.6 is 37.9 Å². The van der Waals surface area contributed by atoms with Crippen LogP contribution in [0, 0.1) is 6.92 Å². The molecule has 0 fully saturated rings. The molecule has 0 aliphatic carbocycles. The van der Waals surface area contributed by atoms with Crippen molar-refractivity contribution in [3.05, 3.63) is 83.9 Å². The van der Waals surface area contributed by atoms with Gasteiger partial charge in [-0.15, -0.1) is 37.9 Å². The summed E-state index contributed by atoms with van der Waals surface area (Å²) in [5.74, 6) is 0. The number of thiol groups is 3. The summed E-state index contributed by atoms with van der Waals surface area (Å²) in [6, 6.07) is 21.1. The second-order valence-corrected chi connectivity index (χ2v) is 7.62. The molecule has 0 amide bonds. The number of aryl methyl sites for hydroxylation is 1. The van der Waals surface area contributed by atoms with Crippen molar-refractivity contribution in [3.63, 3.8) is 0 Å². The first kappa shape index (κ1) is 18.2. The van der Waals surface area contributed by atoms with Gasteiger partial charge < -0.3 is 0 Å². The minimum Gasteiger partial charge on any atom is -0.142 e. The van der Waals surface area contributed by atoms with Crippen LogP contribution in [0.3, 0.4) is 0 Å². The Morgan fingerprint density at radius 1 is 0.800 bits per heavy atom. The van der Waals surface area contributed by atoms with Gasteiger partial charge in [-0.3, -0.25) is 0 Å². The van der Waals surface area contributed by atoms with E-state index in [0.29, 0.717) is 0 Å². The lowest BCUT2D eigenvalue weighted by molar-refractivity contribution is 1.14. The number of hydrogen-bond donors (Lipinski definition) is 3. The largest absolute Gasteiger partial charge is 0.142 e. The van der Waals surface area contributed by atoms with Crippen molar-refractivity contribution in [2.45, 2.75) is 28.0 Å². The first-order chi connectivity index (χ1) is 11.9. The standard InChI is InChI=1S/C22H20S3/c1-14-3-7-17(8-4-14)15(2)11-16-5-9-18(10-6-16)19-12-20(23)22(25)21(24)13-19/h3-10,12-13,23-25H,2,11H2,1H3. The van der Waals surface area contributed by atoms with Crippen molar-refractivity contribution in [2.24, 2.45) is 0 Å². The highest BCUT2D eigenvalue weighted by atomic mass is 32.1. The normalized spacial score (nSPS) is 10.7. The molecule has 0 aromatic heterocycles. The van der Waals surface area contributed by atoms with Crippen LogP contribution in [0.4, 0.5) is 0 Å². The summed E-state index contributed by atoms with van der Waals surface area (Å²) in [7, 11) is 0. The van der Waals surface area contributed by atoms with E-state index in [2.05, 4.69) is 99.9 Å². The highest BCUT2D eigenvalue weighted by molar-refractivity contribution is 7.85. The Morgan fingerprint density at radius 2 is 1.36 bits per heavy atom. The Labute approximate surface area is 166 Å². The smallest absolute Gasteiger partial charge is 0.0308 e. The average Bonchev–Trinajstić information content (AvgIpc) is 2.60. The molecule has 0 N–H and O–H groups in total. The van der Waals surface area contributed by atoms with E-state index in [1.807, 2.05) is 12.1 Å². The maximum atomic E-state index is 4.46. The molecule has 0 nitrogen and oxygen atoms in total. The third kappa shape index (κ3) is 4.35. The van der Waals surface area contributed by atoms with Crippen molar-refractivity contribution < 1.29 is 0 Å². The fourth-order valence-electron chi connectivity index (χ4n) is 2.72. The first-order valence-corrected chi connectivity index (χ1v) is 9.37. The van der Waals surface area contributed by atoms with Crippen LogP contribution < -0.4 is 0 Å². The monoisotopic (exact) mass is 380 g/mol. The van der Waals surface area contributed by atoms with Gasteiger partial charge in [-0.1, -0.05) is 60.7 Å². The summed E-state index contributed by atoms with van der Waals surface area (Å²) in [4.78, 5) is 2.48. The van der Waals surface area contributed by atoms with Gasteiger partial charge in [0, 0.05) is 14.7 Å². The van der Waals surface area contributed by atoms with Crippen molar-refractivity contribution in [1.82, 2.24) is 0 Å². The van der Waals surface area contributed by atoms with Crippen LogP contribution in [0.5, 0.6) is 0 Å². The van der Waals surface area contributed by atoms with E-state index in [1.165, 1.54) is 16.7 Å². The molecule has 0 radical (unpaired) electrons. The summed E-state index contributed by atoms with van der Waals surface area (Å²) >= 11 is 13.3. The summed E-state index contributed by atoms with van der Waals surface area (Å²) in [6.07, 6.45) is 0.842. The van der Waals surface area contributed by atoms with E-state index < -0.39 is 0 Å². The van der Waals surface area contributed by atoms with Gasteiger partial charge in [0.1, 0.15) is 0 Å². The van der Waals surface area contributed by atoms with E-state index in [1.54, 1.807) is 0 Å². The van der Waals surface area contributed by atoms with E-state index in [0.717, 1.165) is 37.8 Å². The van der Waals surface area contributed by atoms with Gasteiger partial charge in [0.25, 0.3) is 0 Å². The molecule has 0 saturated carbocycles. The fraction of sp³-hybridized carbons (Fsp3) is 0.0909. The van der Waals surface area contributed by atoms with E-state index >= 15 is 0 Å². The molecular formula is C22H20S3. The molecule has 3 aromatic carbocycles. The van der Waals surface area contributed by atoms with Crippen molar-refractivity contribution in [2.75, 3.05) is 0 Å². The van der Waals surface area contributed by atoms with Crippen LogP contribution in [-0.2, 0) is 6.42 Å². The van der Waals surface area contributed by atoms with Crippen LogP contribution in [0.2, 0.25) is 0 Å². The highest BCUT2D eigenvalue weighted by Crippen LogP contribution is 2.32. The quantitative estimate of drug-likeness (QED) is 0.408. The van der Waals surface area contributed by atoms with Gasteiger partial charge in [0.05, 0.1) is 0 Å². The maximum absolute atomic E-state index is 4.46. The molecule has 0 spiro atoms. The molecule has 3 aromatic rings. The minimum atomic E-state index is 0.807. The lowest BCUT2D eigenvalue weighted by atomic mass is 9.97. The zero-order valence-corrected chi connectivity index (χ0v) is 16.7. The summed E-state index contributed by atoms with van der Waals surface area (Å²) in [6.45, 7) is 6.33. The molecule has 0 unspecified atom stereocenters. The lowest BCUT2D eigenvalue weighted by Crippen LogP contribution is -1.90. The molecule has 3 rings (SSSR count). The molecule has 0 heterocycles. The zero-order chi connectivity index (χ0) is 18.0. The molecule has 0 aliphatic heterocycles. The Hall–Kier alpha value is -1.55. The SMILES string of the molecule is C=C(Cc1ccc(-c2cc(S)c(S)c(S)c2)cc1)c1ccc(C)cc1. The predicted octanol–water partition coefficient (Wildman–Crippen LogP) is 6.78. The molecule has 25 heavy (non-hydrogen) atoms. The Kier molecular flexibility index (Phi) is 5.67. The highest BCUT2D eigenvalue weighted by Gasteiger charge is 2.06. The number of benzene rings is 3. The molecule has 0 saturated heterocycles. The number of rotatable bonds is 4. The van der Waals surface area contributed by atoms with Crippen LogP contribution in [0.25, 0.3) is 16.7 Å². The summed E-state index contributed by atoms with van der Waals surface area (Å²) in [5.41, 5.74) is 7.07. The fourth-order valence-corrected chi connectivity index (χ4v) is 3.46. The third-order valence-corrected chi connectivity index (χ3v) is 5.77. The van der Waals surface area contributed by atoms with E-state index in [9.17, 15) is 0 Å². The van der Waals surface area contributed by atoms with Crippen molar-refractivity contribution >= 4 is 43.5 Å². The third-order valence-electron chi connectivity index (χ3n) is 4.23. The van der Waals surface area contributed by atoms with Gasteiger partial charge >= 0.3 is 0 Å². The second-order valence-electron chi connectivity index (χ2n) is 6.21. The minimum absolute atomic E-state index is 0.807. The Bertz CT molecular complexity index is 884. The topological polar surface area (TPSA) is 0 Å². The zero-order valence-electron chi connectivity index (χ0n) is 14.0. The van der Waals surface area contributed by atoms with Gasteiger partial charge in [-0.05, 0) is 53.3 Å². The van der Waals surface area contributed by atoms with Gasteiger partial charge in [0.2, 0.25) is 0 Å². The van der Waals surface area contributed by atoms with Crippen molar-refractivity contribution in [1.29, 1.82) is 0 Å².